The van der Waals surface area contributed by atoms with Crippen LogP contribution in [0.3, 0.4) is 0 Å². The molecule has 3 nitrogen and oxygen atoms in total. The lowest BCUT2D eigenvalue weighted by Crippen LogP contribution is -1.89. The lowest BCUT2D eigenvalue weighted by Gasteiger charge is -2.02. The molecule has 3 aromatic rings. The molecule has 21 heavy (non-hydrogen) atoms. The molecule has 0 atom stereocenters. The third-order valence-corrected chi connectivity index (χ3v) is 3.68. The molecule has 0 fully saturated rings. The fourth-order valence-electron chi connectivity index (χ4n) is 2.15. The quantitative estimate of drug-likeness (QED) is 0.763. The Balaban J connectivity index is 2.11. The van der Waals surface area contributed by atoms with Crippen molar-refractivity contribution in [2.45, 2.75) is 6.61 Å². The van der Waals surface area contributed by atoms with Crippen molar-refractivity contribution in [2.75, 3.05) is 0 Å². The van der Waals surface area contributed by atoms with Gasteiger partial charge in [-0.25, -0.2) is 4.39 Å². The summed E-state index contributed by atoms with van der Waals surface area (Å²) < 4.78 is 19.6. The van der Waals surface area contributed by atoms with Crippen molar-refractivity contribution in [1.29, 1.82) is 0 Å². The van der Waals surface area contributed by atoms with Crippen LogP contribution in [0, 0.1) is 5.82 Å². The van der Waals surface area contributed by atoms with Gasteiger partial charge in [0.25, 0.3) is 0 Å². The topological polar surface area (TPSA) is 46.3 Å². The van der Waals surface area contributed by atoms with Gasteiger partial charge < -0.3 is 9.63 Å². The average Bonchev–Trinajstić information content (AvgIpc) is 2.92. The molecular weight excluding hydrogens is 337 g/mol. The molecule has 2 aromatic carbocycles. The summed E-state index contributed by atoms with van der Waals surface area (Å²) >= 11 is 3.37. The van der Waals surface area contributed by atoms with Crippen LogP contribution in [-0.2, 0) is 6.61 Å². The minimum absolute atomic E-state index is 0.235. The molecule has 5 heteroatoms. The Morgan fingerprint density at radius 2 is 1.86 bits per heavy atom. The van der Waals surface area contributed by atoms with E-state index < -0.39 is 0 Å². The molecule has 0 aliphatic carbocycles. The Hall–Kier alpha value is -1.98. The van der Waals surface area contributed by atoms with Gasteiger partial charge in [0.2, 0.25) is 0 Å². The molecule has 0 amide bonds. The Morgan fingerprint density at radius 1 is 1.10 bits per heavy atom. The van der Waals surface area contributed by atoms with E-state index in [1.54, 1.807) is 12.1 Å². The number of aromatic nitrogens is 1. The molecule has 0 aliphatic rings. The van der Waals surface area contributed by atoms with Gasteiger partial charge in [0.1, 0.15) is 11.5 Å². The summed E-state index contributed by atoms with van der Waals surface area (Å²) in [6.07, 6.45) is 0. The van der Waals surface area contributed by atoms with Crippen molar-refractivity contribution >= 4 is 15.9 Å². The number of halogens is 2. The summed E-state index contributed by atoms with van der Waals surface area (Å²) in [5.41, 5.74) is 2.48. The fourth-order valence-corrected chi connectivity index (χ4v) is 2.41. The normalized spacial score (nSPS) is 10.8. The van der Waals surface area contributed by atoms with Gasteiger partial charge in [0.05, 0.1) is 12.2 Å². The third-order valence-electron chi connectivity index (χ3n) is 3.15. The minimum Gasteiger partial charge on any atom is -0.391 e. The second-order valence-electron chi connectivity index (χ2n) is 4.51. The van der Waals surface area contributed by atoms with Crippen LogP contribution in [0.1, 0.15) is 5.56 Å². The molecule has 0 spiro atoms. The summed E-state index contributed by atoms with van der Waals surface area (Å²) in [6.45, 7) is -0.235. The van der Waals surface area contributed by atoms with Gasteiger partial charge in [-0.1, -0.05) is 45.4 Å². The zero-order valence-corrected chi connectivity index (χ0v) is 12.5. The maximum Gasteiger partial charge on any atom is 0.173 e. The fraction of sp³-hybridized carbons (Fsp3) is 0.0625. The first-order valence-electron chi connectivity index (χ1n) is 6.30. The van der Waals surface area contributed by atoms with E-state index in [0.29, 0.717) is 22.6 Å². The summed E-state index contributed by atoms with van der Waals surface area (Å²) in [5.74, 6) is 0.0212. The number of rotatable bonds is 3. The van der Waals surface area contributed by atoms with Gasteiger partial charge in [-0.15, -0.1) is 0 Å². The van der Waals surface area contributed by atoms with E-state index in [4.69, 9.17) is 4.52 Å². The first kappa shape index (κ1) is 14.0. The third kappa shape index (κ3) is 2.75. The van der Waals surface area contributed by atoms with Crippen molar-refractivity contribution in [3.8, 4) is 22.6 Å². The second kappa shape index (κ2) is 5.79. The first-order valence-corrected chi connectivity index (χ1v) is 7.09. The summed E-state index contributed by atoms with van der Waals surface area (Å²) in [4.78, 5) is 0. The minimum atomic E-state index is -0.363. The van der Waals surface area contributed by atoms with Crippen molar-refractivity contribution in [3.63, 3.8) is 0 Å². The van der Waals surface area contributed by atoms with Crippen LogP contribution in [0.25, 0.3) is 22.6 Å². The van der Waals surface area contributed by atoms with E-state index >= 15 is 0 Å². The number of benzene rings is 2. The predicted octanol–water partition coefficient (Wildman–Crippen LogP) is 4.40. The van der Waals surface area contributed by atoms with Crippen LogP contribution in [0.5, 0.6) is 0 Å². The highest BCUT2D eigenvalue weighted by atomic mass is 79.9. The standard InChI is InChI=1S/C16H11BrFNO2/c17-12-6-4-10(5-7-12)15-14(9-20)16(21-19-15)11-2-1-3-13(18)8-11/h1-8,20H,9H2. The lowest BCUT2D eigenvalue weighted by atomic mass is 10.0. The summed E-state index contributed by atoms with van der Waals surface area (Å²) in [7, 11) is 0. The van der Waals surface area contributed by atoms with Crippen LogP contribution in [0.15, 0.2) is 57.5 Å². The highest BCUT2D eigenvalue weighted by molar-refractivity contribution is 9.10. The Bertz CT molecular complexity index is 768. The molecule has 1 heterocycles. The molecule has 0 radical (unpaired) electrons. The van der Waals surface area contributed by atoms with Gasteiger partial charge in [-0.05, 0) is 24.3 Å². The zero-order valence-electron chi connectivity index (χ0n) is 10.9. The summed E-state index contributed by atoms with van der Waals surface area (Å²) in [6, 6.07) is 13.5. The van der Waals surface area contributed by atoms with Crippen LogP contribution < -0.4 is 0 Å². The molecule has 0 unspecified atom stereocenters. The number of hydrogen-bond acceptors (Lipinski definition) is 3. The highest BCUT2D eigenvalue weighted by Gasteiger charge is 2.18. The van der Waals surface area contributed by atoms with Crippen molar-refractivity contribution in [2.24, 2.45) is 0 Å². The smallest absolute Gasteiger partial charge is 0.173 e. The maximum absolute atomic E-state index is 13.3. The van der Waals surface area contributed by atoms with Crippen LogP contribution in [0.4, 0.5) is 4.39 Å². The molecule has 0 aliphatic heterocycles. The van der Waals surface area contributed by atoms with E-state index in [-0.39, 0.29) is 12.4 Å². The summed E-state index contributed by atoms with van der Waals surface area (Å²) in [5, 5.41) is 13.7. The van der Waals surface area contributed by atoms with E-state index in [1.807, 2.05) is 24.3 Å². The highest BCUT2D eigenvalue weighted by Crippen LogP contribution is 2.33. The Kier molecular flexibility index (Phi) is 3.86. The number of aliphatic hydroxyl groups excluding tert-OH is 1. The number of aliphatic hydroxyl groups is 1. The molecule has 1 N–H and O–H groups in total. The van der Waals surface area contributed by atoms with Crippen molar-refractivity contribution in [3.05, 3.63) is 64.4 Å². The van der Waals surface area contributed by atoms with Crippen molar-refractivity contribution < 1.29 is 14.0 Å². The maximum atomic E-state index is 13.3. The van der Waals surface area contributed by atoms with Crippen LogP contribution in [-0.4, -0.2) is 10.3 Å². The van der Waals surface area contributed by atoms with Gasteiger partial charge in [-0.3, -0.25) is 0 Å². The van der Waals surface area contributed by atoms with E-state index in [0.717, 1.165) is 10.0 Å². The molecule has 0 saturated carbocycles. The van der Waals surface area contributed by atoms with Crippen LogP contribution in [0.2, 0.25) is 0 Å². The number of hydrogen-bond donors (Lipinski definition) is 1. The molecular formula is C16H11BrFNO2. The Labute approximate surface area is 129 Å². The zero-order chi connectivity index (χ0) is 14.8. The second-order valence-corrected chi connectivity index (χ2v) is 5.43. The van der Waals surface area contributed by atoms with Crippen molar-refractivity contribution in [1.82, 2.24) is 5.16 Å². The Morgan fingerprint density at radius 3 is 2.52 bits per heavy atom. The van der Waals surface area contributed by atoms with E-state index in [2.05, 4.69) is 21.1 Å². The van der Waals surface area contributed by atoms with Crippen LogP contribution >= 0.6 is 15.9 Å². The van der Waals surface area contributed by atoms with Gasteiger partial charge in [0, 0.05) is 15.6 Å². The van der Waals surface area contributed by atoms with Gasteiger partial charge in [-0.2, -0.15) is 0 Å². The molecule has 0 bridgehead atoms. The lowest BCUT2D eigenvalue weighted by molar-refractivity contribution is 0.281. The van der Waals surface area contributed by atoms with Gasteiger partial charge in [0.15, 0.2) is 5.76 Å². The largest absolute Gasteiger partial charge is 0.391 e. The van der Waals surface area contributed by atoms with E-state index in [1.165, 1.54) is 12.1 Å². The molecule has 1 aromatic heterocycles. The monoisotopic (exact) mass is 347 g/mol. The van der Waals surface area contributed by atoms with E-state index in [9.17, 15) is 9.50 Å². The molecule has 0 saturated heterocycles. The SMILES string of the molecule is OCc1c(-c2ccc(Br)cc2)noc1-c1cccc(F)c1. The number of nitrogens with zero attached hydrogens (tertiary/aromatic N) is 1. The molecule has 106 valence electrons. The average molecular weight is 348 g/mol. The van der Waals surface area contributed by atoms with Gasteiger partial charge >= 0.3 is 0 Å². The first-order chi connectivity index (χ1) is 10.2. The molecule has 3 rings (SSSR count). The predicted molar refractivity (Wildman–Crippen MR) is 81.0 cm³/mol.